The van der Waals surface area contributed by atoms with E-state index >= 15 is 0 Å². The van der Waals surface area contributed by atoms with Gasteiger partial charge in [0.25, 0.3) is 5.91 Å². The number of methoxy groups -OCH3 is 1. The topological polar surface area (TPSA) is 79.9 Å². The van der Waals surface area contributed by atoms with Gasteiger partial charge in [0.1, 0.15) is 5.75 Å². The van der Waals surface area contributed by atoms with E-state index in [9.17, 15) is 4.79 Å². The number of aliphatic imine (C=N–C) groups is 1. The van der Waals surface area contributed by atoms with Crippen molar-refractivity contribution in [3.05, 3.63) is 95.9 Å². The molecule has 0 heterocycles. The van der Waals surface area contributed by atoms with Gasteiger partial charge in [-0.25, -0.2) is 0 Å². The molecule has 6 heteroatoms. The van der Waals surface area contributed by atoms with E-state index in [1.807, 2.05) is 57.2 Å². The Balaban J connectivity index is 0. The van der Waals surface area contributed by atoms with Gasteiger partial charge in [0, 0.05) is 17.0 Å². The number of nitrogens with one attached hydrogen (secondary N) is 1. The van der Waals surface area contributed by atoms with Gasteiger partial charge < -0.3 is 20.7 Å². The first kappa shape index (κ1) is 45.5. The molecule has 0 saturated carbocycles. The van der Waals surface area contributed by atoms with E-state index in [1.54, 1.807) is 25.3 Å². The monoisotopic (exact) mass is 649 g/mol. The van der Waals surface area contributed by atoms with Crippen molar-refractivity contribution in [2.45, 2.75) is 107 Å². The third kappa shape index (κ3) is 21.7. The van der Waals surface area contributed by atoms with Crippen LogP contribution in [0, 0.1) is 5.92 Å². The van der Waals surface area contributed by atoms with Gasteiger partial charge in [0.2, 0.25) is 0 Å². The molecule has 0 saturated heterocycles. The van der Waals surface area contributed by atoms with Crippen LogP contribution in [-0.4, -0.2) is 43.8 Å². The largest absolute Gasteiger partial charge is 0.496 e. The van der Waals surface area contributed by atoms with Gasteiger partial charge in [-0.1, -0.05) is 105 Å². The van der Waals surface area contributed by atoms with Crippen LogP contribution in [0.3, 0.4) is 0 Å². The van der Waals surface area contributed by atoms with E-state index < -0.39 is 5.91 Å². The zero-order chi connectivity index (χ0) is 36.2. The average Bonchev–Trinajstić information content (AvgIpc) is 3.08. The number of rotatable bonds is 18. The van der Waals surface area contributed by atoms with Crippen molar-refractivity contribution in [3.63, 3.8) is 0 Å². The van der Waals surface area contributed by atoms with Crippen LogP contribution >= 0.6 is 0 Å². The first-order valence-corrected chi connectivity index (χ1v) is 17.5. The van der Waals surface area contributed by atoms with Gasteiger partial charge in [-0.15, -0.1) is 0 Å². The number of ether oxygens (including phenoxy) is 1. The summed E-state index contributed by atoms with van der Waals surface area (Å²) in [6.45, 7) is 29.3. The van der Waals surface area contributed by atoms with E-state index in [2.05, 4.69) is 72.0 Å². The lowest BCUT2D eigenvalue weighted by Crippen LogP contribution is -2.27. The molecule has 0 aliphatic carbocycles. The Labute approximate surface area is 289 Å². The molecular formula is C41H68N4O2. The number of allylic oxidation sites excluding steroid dienone is 7. The van der Waals surface area contributed by atoms with Crippen LogP contribution < -0.4 is 15.8 Å². The van der Waals surface area contributed by atoms with Gasteiger partial charge in [-0.3, -0.25) is 9.79 Å². The predicted molar refractivity (Wildman–Crippen MR) is 209 cm³/mol. The van der Waals surface area contributed by atoms with E-state index in [1.165, 1.54) is 45.2 Å². The van der Waals surface area contributed by atoms with Crippen LogP contribution in [0.25, 0.3) is 5.70 Å². The summed E-state index contributed by atoms with van der Waals surface area (Å²) < 4.78 is 5.42. The van der Waals surface area contributed by atoms with Crippen LogP contribution in [-0.2, 0) is 11.2 Å². The van der Waals surface area contributed by atoms with E-state index in [4.69, 9.17) is 15.5 Å². The molecule has 47 heavy (non-hydrogen) atoms. The molecule has 0 aliphatic heterocycles. The zero-order valence-corrected chi connectivity index (χ0v) is 31.8. The van der Waals surface area contributed by atoms with Gasteiger partial charge in [-0.05, 0) is 108 Å². The fraction of sp³-hybridized carbons (Fsp3) is 0.512. The first-order chi connectivity index (χ1) is 22.4. The highest BCUT2D eigenvalue weighted by Gasteiger charge is 2.10. The Morgan fingerprint density at radius 1 is 1.09 bits per heavy atom. The lowest BCUT2D eigenvalue weighted by atomic mass is 10.0. The van der Waals surface area contributed by atoms with Crippen LogP contribution in [0.1, 0.15) is 112 Å². The molecule has 3 N–H and O–H groups in total. The molecule has 0 fully saturated rings. The van der Waals surface area contributed by atoms with Crippen LogP contribution in [0.5, 0.6) is 5.75 Å². The molecule has 1 unspecified atom stereocenters. The fourth-order valence-electron chi connectivity index (χ4n) is 3.86. The Morgan fingerprint density at radius 2 is 1.74 bits per heavy atom. The number of hydrogen-bond acceptors (Lipinski definition) is 5. The molecule has 0 radical (unpaired) electrons. The SMILES string of the molecule is C=C\C=C(/N=C(/C=C(\N)C(=O)NC(=C)/C=C\C(C)=C/C)CC)c1ccc(OC)c(CC)c1.CCCC.CCCN(C)CCC(C)CC. The van der Waals surface area contributed by atoms with E-state index in [-0.39, 0.29) is 5.70 Å². The minimum absolute atomic E-state index is 0.0600. The number of benzene rings is 1. The molecule has 0 bridgehead atoms. The summed E-state index contributed by atoms with van der Waals surface area (Å²) in [6, 6.07) is 5.93. The van der Waals surface area contributed by atoms with Gasteiger partial charge >= 0.3 is 0 Å². The van der Waals surface area contributed by atoms with Crippen molar-refractivity contribution in [1.29, 1.82) is 0 Å². The highest BCUT2D eigenvalue weighted by Crippen LogP contribution is 2.26. The Morgan fingerprint density at radius 3 is 2.23 bits per heavy atom. The number of carbonyl (C=O) groups excluding carboxylic acids is 1. The number of carbonyl (C=O) groups is 1. The summed E-state index contributed by atoms with van der Waals surface area (Å²) in [4.78, 5) is 19.6. The molecule has 1 aromatic rings. The lowest BCUT2D eigenvalue weighted by molar-refractivity contribution is -0.116. The van der Waals surface area contributed by atoms with Crippen molar-refractivity contribution >= 4 is 17.3 Å². The van der Waals surface area contributed by atoms with Crippen molar-refractivity contribution < 1.29 is 9.53 Å². The molecule has 0 spiro atoms. The molecule has 1 amide bonds. The minimum Gasteiger partial charge on any atom is -0.496 e. The van der Waals surface area contributed by atoms with Crippen LogP contribution in [0.2, 0.25) is 0 Å². The zero-order valence-electron chi connectivity index (χ0n) is 31.8. The summed E-state index contributed by atoms with van der Waals surface area (Å²) in [7, 11) is 3.87. The van der Waals surface area contributed by atoms with Crippen LogP contribution in [0.4, 0.5) is 0 Å². The van der Waals surface area contributed by atoms with Crippen molar-refractivity contribution in [2.24, 2.45) is 16.6 Å². The third-order valence-corrected chi connectivity index (χ3v) is 7.53. The van der Waals surface area contributed by atoms with Crippen molar-refractivity contribution in [3.8, 4) is 5.75 Å². The molecule has 0 aromatic heterocycles. The van der Waals surface area contributed by atoms with E-state index in [0.717, 1.165) is 40.5 Å². The van der Waals surface area contributed by atoms with Crippen molar-refractivity contribution in [1.82, 2.24) is 10.2 Å². The normalized spacial score (nSPS) is 12.9. The maximum absolute atomic E-state index is 12.4. The highest BCUT2D eigenvalue weighted by molar-refractivity contribution is 6.05. The molecular weight excluding hydrogens is 580 g/mol. The number of nitrogens with zero attached hydrogens (tertiary/aromatic N) is 2. The second-order valence-corrected chi connectivity index (χ2v) is 11.7. The average molecular weight is 649 g/mol. The molecule has 0 aliphatic rings. The smallest absolute Gasteiger partial charge is 0.271 e. The molecule has 264 valence electrons. The van der Waals surface area contributed by atoms with Crippen molar-refractivity contribution in [2.75, 3.05) is 27.2 Å². The number of aryl methyl sites for hydroxylation is 1. The first-order valence-electron chi connectivity index (χ1n) is 17.5. The second-order valence-electron chi connectivity index (χ2n) is 11.7. The fourth-order valence-corrected chi connectivity index (χ4v) is 3.86. The Kier molecular flexibility index (Phi) is 27.6. The molecule has 6 nitrogen and oxygen atoms in total. The number of nitrogens with two attached hydrogens (primary N) is 1. The predicted octanol–water partition coefficient (Wildman–Crippen LogP) is 10.2. The van der Waals surface area contributed by atoms with Gasteiger partial charge in [0.15, 0.2) is 0 Å². The molecule has 1 atom stereocenters. The number of hydrogen-bond donors (Lipinski definition) is 2. The maximum Gasteiger partial charge on any atom is 0.271 e. The molecule has 1 rings (SSSR count). The van der Waals surface area contributed by atoms with E-state index in [0.29, 0.717) is 17.8 Å². The Bertz CT molecular complexity index is 1200. The molecule has 1 aromatic carbocycles. The third-order valence-electron chi connectivity index (χ3n) is 7.53. The summed E-state index contributed by atoms with van der Waals surface area (Å²) in [5.41, 5.74) is 11.0. The Hall–Kier alpha value is -3.64. The summed E-state index contributed by atoms with van der Waals surface area (Å²) in [6.07, 6.45) is 18.7. The lowest BCUT2D eigenvalue weighted by Gasteiger charge is -2.17. The summed E-state index contributed by atoms with van der Waals surface area (Å²) in [5, 5.41) is 2.69. The van der Waals surface area contributed by atoms with Crippen LogP contribution in [0.15, 0.2) is 89.8 Å². The minimum atomic E-state index is -0.425. The highest BCUT2D eigenvalue weighted by atomic mass is 16.5. The summed E-state index contributed by atoms with van der Waals surface area (Å²) >= 11 is 0. The number of unbranched alkanes of at least 4 members (excludes halogenated alkanes) is 1. The van der Waals surface area contributed by atoms with Gasteiger partial charge in [0.05, 0.1) is 18.5 Å². The maximum atomic E-state index is 12.4. The van der Waals surface area contributed by atoms with Gasteiger partial charge in [-0.2, -0.15) is 0 Å². The number of amides is 1. The quantitative estimate of drug-likeness (QED) is 0.0943. The summed E-state index contributed by atoms with van der Waals surface area (Å²) in [5.74, 6) is 1.31. The second kappa shape index (κ2) is 28.6. The standard InChI is InChI=1S/C27H35N3O2.C10H23N.C4H10/c1-8-12-25(22-15-16-26(32-7)21(10-3)17-22)30-23(11-4)18-24(28)27(31)29-20(6)14-13-19(5)9-2;1-5-8-11(4)9-7-10(3)6-2;1-3-4-2/h8-9,12-18H,1,6,10-11,28H2,2-5,7H3,(H,29,31);10H,5-9H2,1-4H3;3-4H2,1-2H3/b14-13-,19-9-,24-18-,25-12-,30-23+;;.